The minimum Gasteiger partial charge on any atom is -0.481 e. The third-order valence-corrected chi connectivity index (χ3v) is 3.33. The first kappa shape index (κ1) is 19.2. The van der Waals surface area contributed by atoms with E-state index in [9.17, 15) is 14.4 Å². The van der Waals surface area contributed by atoms with Crippen LogP contribution in [0.4, 0.5) is 4.79 Å². The average molecular weight is 302 g/mol. The highest BCUT2D eigenvalue weighted by molar-refractivity contribution is 5.82. The number of esters is 1. The SMILES string of the molecule is CCCN(CC(=O)OCC)C(=O)NCC(C)(CC)C(=O)O. The first-order valence-electron chi connectivity index (χ1n) is 7.22. The van der Waals surface area contributed by atoms with E-state index >= 15 is 0 Å². The Labute approximate surface area is 125 Å². The van der Waals surface area contributed by atoms with Gasteiger partial charge in [0.15, 0.2) is 0 Å². The molecule has 0 aliphatic carbocycles. The number of carboxylic acids is 1. The van der Waals surface area contributed by atoms with Crippen molar-refractivity contribution in [2.45, 2.75) is 40.5 Å². The second-order valence-electron chi connectivity index (χ2n) is 5.10. The normalized spacial score (nSPS) is 13.1. The van der Waals surface area contributed by atoms with E-state index in [1.165, 1.54) is 4.90 Å². The highest BCUT2D eigenvalue weighted by Crippen LogP contribution is 2.19. The van der Waals surface area contributed by atoms with Crippen molar-refractivity contribution in [2.75, 3.05) is 26.2 Å². The number of nitrogens with zero attached hydrogens (tertiary/aromatic N) is 1. The van der Waals surface area contributed by atoms with Crippen molar-refractivity contribution in [1.29, 1.82) is 0 Å². The molecule has 21 heavy (non-hydrogen) atoms. The van der Waals surface area contributed by atoms with E-state index in [0.717, 1.165) is 0 Å². The monoisotopic (exact) mass is 302 g/mol. The number of carbonyl (C=O) groups excluding carboxylic acids is 2. The summed E-state index contributed by atoms with van der Waals surface area (Å²) in [6.45, 7) is 7.45. The summed E-state index contributed by atoms with van der Waals surface area (Å²) in [5.41, 5.74) is -1.02. The molecule has 2 N–H and O–H groups in total. The fourth-order valence-electron chi connectivity index (χ4n) is 1.62. The summed E-state index contributed by atoms with van der Waals surface area (Å²) >= 11 is 0. The fraction of sp³-hybridized carbons (Fsp3) is 0.786. The first-order chi connectivity index (χ1) is 9.80. The second-order valence-corrected chi connectivity index (χ2v) is 5.10. The van der Waals surface area contributed by atoms with Gasteiger partial charge in [0.2, 0.25) is 0 Å². The molecule has 0 saturated heterocycles. The van der Waals surface area contributed by atoms with Crippen LogP contribution in [0.25, 0.3) is 0 Å². The number of rotatable bonds is 9. The smallest absolute Gasteiger partial charge is 0.325 e. The van der Waals surface area contributed by atoms with Crippen LogP contribution in [0, 0.1) is 5.41 Å². The van der Waals surface area contributed by atoms with Crippen molar-refractivity contribution >= 4 is 18.0 Å². The van der Waals surface area contributed by atoms with Crippen molar-refractivity contribution in [3.05, 3.63) is 0 Å². The van der Waals surface area contributed by atoms with E-state index in [1.807, 2.05) is 6.92 Å². The molecule has 0 aliphatic heterocycles. The summed E-state index contributed by atoms with van der Waals surface area (Å²) in [7, 11) is 0. The van der Waals surface area contributed by atoms with Crippen LogP contribution >= 0.6 is 0 Å². The molecule has 7 heteroatoms. The van der Waals surface area contributed by atoms with Crippen molar-refractivity contribution in [3.63, 3.8) is 0 Å². The van der Waals surface area contributed by atoms with Crippen LogP contribution < -0.4 is 5.32 Å². The number of hydrogen-bond donors (Lipinski definition) is 2. The number of ether oxygens (including phenoxy) is 1. The van der Waals surface area contributed by atoms with Crippen molar-refractivity contribution in [1.82, 2.24) is 10.2 Å². The molecule has 2 amide bonds. The van der Waals surface area contributed by atoms with Crippen LogP contribution in [0.3, 0.4) is 0 Å². The number of hydrogen-bond acceptors (Lipinski definition) is 4. The maximum Gasteiger partial charge on any atom is 0.325 e. The summed E-state index contributed by atoms with van der Waals surface area (Å²) in [6.07, 6.45) is 1.09. The Morgan fingerprint density at radius 1 is 1.24 bits per heavy atom. The Hall–Kier alpha value is -1.79. The van der Waals surface area contributed by atoms with E-state index in [1.54, 1.807) is 20.8 Å². The lowest BCUT2D eigenvalue weighted by atomic mass is 9.88. The zero-order chi connectivity index (χ0) is 16.5. The Morgan fingerprint density at radius 2 is 1.86 bits per heavy atom. The number of carbonyl (C=O) groups is 3. The summed E-state index contributed by atoms with van der Waals surface area (Å²) in [5.74, 6) is -1.43. The quantitative estimate of drug-likeness (QED) is 0.629. The molecular formula is C14H26N2O5. The van der Waals surface area contributed by atoms with E-state index in [4.69, 9.17) is 9.84 Å². The predicted octanol–water partition coefficient (Wildman–Crippen LogP) is 1.47. The molecule has 1 atom stereocenters. The zero-order valence-corrected chi connectivity index (χ0v) is 13.3. The second kappa shape index (κ2) is 9.20. The van der Waals surface area contributed by atoms with Crippen molar-refractivity contribution in [3.8, 4) is 0 Å². The predicted molar refractivity (Wildman–Crippen MR) is 77.9 cm³/mol. The molecule has 7 nitrogen and oxygen atoms in total. The number of nitrogens with one attached hydrogen (secondary N) is 1. The highest BCUT2D eigenvalue weighted by Gasteiger charge is 2.32. The lowest BCUT2D eigenvalue weighted by molar-refractivity contribution is -0.148. The number of carboxylic acid groups (broad SMARTS) is 1. The van der Waals surface area contributed by atoms with E-state index in [0.29, 0.717) is 19.4 Å². The van der Waals surface area contributed by atoms with Crippen molar-refractivity contribution < 1.29 is 24.2 Å². The van der Waals surface area contributed by atoms with Gasteiger partial charge in [0.1, 0.15) is 6.54 Å². The molecule has 0 saturated carbocycles. The van der Waals surface area contributed by atoms with Gasteiger partial charge in [-0.05, 0) is 26.7 Å². The topological polar surface area (TPSA) is 95.9 Å². The molecule has 0 aromatic carbocycles. The third kappa shape index (κ3) is 6.46. The Bertz CT molecular complexity index is 372. The molecule has 0 aromatic rings. The molecule has 0 aromatic heterocycles. The molecule has 1 unspecified atom stereocenters. The van der Waals surface area contributed by atoms with Gasteiger partial charge in [0.05, 0.1) is 12.0 Å². The largest absolute Gasteiger partial charge is 0.481 e. The highest BCUT2D eigenvalue weighted by atomic mass is 16.5. The molecule has 122 valence electrons. The Morgan fingerprint density at radius 3 is 2.29 bits per heavy atom. The average Bonchev–Trinajstić information content (AvgIpc) is 2.43. The van der Waals surface area contributed by atoms with Crippen LogP contribution in [0.2, 0.25) is 0 Å². The first-order valence-corrected chi connectivity index (χ1v) is 7.22. The molecular weight excluding hydrogens is 276 g/mol. The Balaban J connectivity index is 4.61. The molecule has 0 spiro atoms. The van der Waals surface area contributed by atoms with Gasteiger partial charge in [0, 0.05) is 13.1 Å². The maximum absolute atomic E-state index is 12.1. The summed E-state index contributed by atoms with van der Waals surface area (Å²) in [5, 5.41) is 11.8. The maximum atomic E-state index is 12.1. The zero-order valence-electron chi connectivity index (χ0n) is 13.3. The van der Waals surface area contributed by atoms with Gasteiger partial charge in [-0.1, -0.05) is 13.8 Å². The third-order valence-electron chi connectivity index (χ3n) is 3.33. The van der Waals surface area contributed by atoms with Crippen LogP contribution in [0.15, 0.2) is 0 Å². The summed E-state index contributed by atoms with van der Waals surface area (Å²) in [6, 6.07) is -0.453. The molecule has 0 rings (SSSR count). The van der Waals surface area contributed by atoms with Gasteiger partial charge in [-0.3, -0.25) is 9.59 Å². The summed E-state index contributed by atoms with van der Waals surface area (Å²) in [4.78, 5) is 36.0. The van der Waals surface area contributed by atoms with E-state index in [2.05, 4.69) is 5.32 Å². The van der Waals surface area contributed by atoms with Crippen LogP contribution in [-0.4, -0.2) is 54.2 Å². The molecule has 0 bridgehead atoms. The minimum atomic E-state index is -1.02. The van der Waals surface area contributed by atoms with E-state index in [-0.39, 0.29) is 19.7 Å². The number of aliphatic carboxylic acids is 1. The van der Waals surface area contributed by atoms with Crippen molar-refractivity contribution in [2.24, 2.45) is 5.41 Å². The van der Waals surface area contributed by atoms with Crippen LogP contribution in [0.5, 0.6) is 0 Å². The Kier molecular flexibility index (Phi) is 8.42. The fourth-order valence-corrected chi connectivity index (χ4v) is 1.62. The van der Waals surface area contributed by atoms with E-state index < -0.39 is 23.4 Å². The lowest BCUT2D eigenvalue weighted by Crippen LogP contribution is -2.48. The number of amides is 2. The molecule has 0 heterocycles. The van der Waals surface area contributed by atoms with Gasteiger partial charge < -0.3 is 20.1 Å². The number of urea groups is 1. The lowest BCUT2D eigenvalue weighted by Gasteiger charge is -2.26. The summed E-state index contributed by atoms with van der Waals surface area (Å²) < 4.78 is 4.82. The molecule has 0 radical (unpaired) electrons. The molecule has 0 aliphatic rings. The van der Waals surface area contributed by atoms with Crippen LogP contribution in [-0.2, 0) is 14.3 Å². The van der Waals surface area contributed by atoms with Gasteiger partial charge in [0.25, 0.3) is 0 Å². The minimum absolute atomic E-state index is 0.0146. The van der Waals surface area contributed by atoms with Gasteiger partial charge in [-0.25, -0.2) is 4.79 Å². The molecule has 0 fully saturated rings. The van der Waals surface area contributed by atoms with Gasteiger partial charge in [-0.2, -0.15) is 0 Å². The van der Waals surface area contributed by atoms with Gasteiger partial charge >= 0.3 is 18.0 Å². The standard InChI is InChI=1S/C14H26N2O5/c1-5-8-16(9-11(17)21-7-3)13(20)15-10-14(4,6-2)12(18)19/h5-10H2,1-4H3,(H,15,20)(H,18,19). The van der Waals surface area contributed by atoms with Crippen LogP contribution in [0.1, 0.15) is 40.5 Å². The van der Waals surface area contributed by atoms with Gasteiger partial charge in [-0.15, -0.1) is 0 Å².